The predicted octanol–water partition coefficient (Wildman–Crippen LogP) is 5.46. The van der Waals surface area contributed by atoms with Crippen molar-refractivity contribution in [3.63, 3.8) is 0 Å². The minimum Gasteiger partial charge on any atom is -0.494 e. The van der Waals surface area contributed by atoms with Crippen LogP contribution in [0.3, 0.4) is 0 Å². The summed E-state index contributed by atoms with van der Waals surface area (Å²) in [5.74, 6) is 3.38. The number of unbranched alkanes of at least 4 members (excludes halogenated alkanes) is 1. The first-order chi connectivity index (χ1) is 14.6. The van der Waals surface area contributed by atoms with Gasteiger partial charge in [0, 0.05) is 18.0 Å². The molecule has 1 heterocycles. The van der Waals surface area contributed by atoms with Crippen LogP contribution in [0.1, 0.15) is 73.7 Å². The second kappa shape index (κ2) is 7.95. The first-order valence-corrected chi connectivity index (χ1v) is 12.2. The fraction of sp³-hybridized carbons (Fsp3) is 0.625. The summed E-state index contributed by atoms with van der Waals surface area (Å²) >= 11 is 1.63. The van der Waals surface area contributed by atoms with E-state index in [9.17, 15) is 4.79 Å². The average Bonchev–Trinajstić information content (AvgIpc) is 3.24. The highest BCUT2D eigenvalue weighted by molar-refractivity contribution is 7.15. The van der Waals surface area contributed by atoms with Crippen molar-refractivity contribution >= 4 is 22.4 Å². The summed E-state index contributed by atoms with van der Waals surface area (Å²) in [7, 11) is 1.80. The Labute approximate surface area is 182 Å². The van der Waals surface area contributed by atoms with Gasteiger partial charge in [0.25, 0.3) is 5.91 Å². The molecular weight excluding hydrogens is 394 g/mol. The minimum atomic E-state index is -0.0525. The van der Waals surface area contributed by atoms with Crippen LogP contribution in [0, 0.1) is 17.8 Å². The molecule has 30 heavy (non-hydrogen) atoms. The molecule has 4 fully saturated rings. The van der Waals surface area contributed by atoms with Gasteiger partial charge in [-0.25, -0.2) is 0 Å². The minimum absolute atomic E-state index is 0.0525. The molecule has 0 N–H and O–H groups in total. The van der Waals surface area contributed by atoms with Gasteiger partial charge in [-0.1, -0.05) is 24.7 Å². The zero-order valence-electron chi connectivity index (χ0n) is 18.0. The summed E-state index contributed by atoms with van der Waals surface area (Å²) in [6.07, 6.45) is 10.2. The number of carbonyl (C=O) groups is 1. The van der Waals surface area contributed by atoms with Gasteiger partial charge in [-0.3, -0.25) is 9.69 Å². The van der Waals surface area contributed by atoms with Gasteiger partial charge >= 0.3 is 0 Å². The molecule has 1 aromatic heterocycles. The molecule has 0 atom stereocenters. The van der Waals surface area contributed by atoms with Crippen LogP contribution in [0.15, 0.2) is 24.3 Å². The molecule has 5 nitrogen and oxygen atoms in total. The van der Waals surface area contributed by atoms with E-state index in [0.29, 0.717) is 17.3 Å². The van der Waals surface area contributed by atoms with E-state index in [-0.39, 0.29) is 11.3 Å². The second-order valence-electron chi connectivity index (χ2n) is 9.68. The molecule has 6 rings (SSSR count). The van der Waals surface area contributed by atoms with Crippen LogP contribution in [-0.4, -0.2) is 29.8 Å². The lowest BCUT2D eigenvalue weighted by atomic mass is 9.50. The zero-order chi connectivity index (χ0) is 20.7. The van der Waals surface area contributed by atoms with Gasteiger partial charge < -0.3 is 4.74 Å². The van der Waals surface area contributed by atoms with E-state index in [1.165, 1.54) is 38.5 Å². The standard InChI is InChI=1S/C24H31N3O2S/c1-3-4-9-29-20-7-5-19(6-8-20)21(28)27(2)23-26-25-22(30-23)24-13-16-10-17(14-24)12-18(11-16)15-24/h5-8,16-18H,3-4,9-15H2,1-2H3. The Hall–Kier alpha value is -1.95. The number of benzene rings is 1. The van der Waals surface area contributed by atoms with E-state index >= 15 is 0 Å². The molecule has 4 aliphatic carbocycles. The summed E-state index contributed by atoms with van der Waals surface area (Å²) in [4.78, 5) is 14.6. The summed E-state index contributed by atoms with van der Waals surface area (Å²) in [6.45, 7) is 2.85. The maximum atomic E-state index is 13.0. The van der Waals surface area contributed by atoms with Crippen molar-refractivity contribution in [1.29, 1.82) is 0 Å². The SMILES string of the molecule is CCCCOc1ccc(C(=O)N(C)c2nnc(C34CC5CC(CC(C5)C3)C4)s2)cc1. The highest BCUT2D eigenvalue weighted by Gasteiger charge is 2.53. The molecule has 1 aromatic carbocycles. The van der Waals surface area contributed by atoms with Crippen LogP contribution in [0.5, 0.6) is 5.75 Å². The zero-order valence-corrected chi connectivity index (χ0v) is 18.8. The number of carbonyl (C=O) groups excluding carboxylic acids is 1. The molecule has 0 saturated heterocycles. The molecule has 4 aliphatic rings. The van der Waals surface area contributed by atoms with Crippen LogP contribution in [0.25, 0.3) is 0 Å². The molecular formula is C24H31N3O2S. The molecule has 0 aliphatic heterocycles. The van der Waals surface area contributed by atoms with Crippen molar-refractivity contribution < 1.29 is 9.53 Å². The Morgan fingerprint density at radius 3 is 2.33 bits per heavy atom. The lowest BCUT2D eigenvalue weighted by Crippen LogP contribution is -2.48. The van der Waals surface area contributed by atoms with Crippen molar-refractivity contribution in [3.8, 4) is 5.75 Å². The van der Waals surface area contributed by atoms with Gasteiger partial charge in [0.2, 0.25) is 5.13 Å². The van der Waals surface area contributed by atoms with Crippen LogP contribution >= 0.6 is 11.3 Å². The van der Waals surface area contributed by atoms with Gasteiger partial charge in [0.15, 0.2) is 0 Å². The maximum Gasteiger partial charge on any atom is 0.259 e. The van der Waals surface area contributed by atoms with E-state index in [4.69, 9.17) is 4.74 Å². The van der Waals surface area contributed by atoms with Crippen LogP contribution < -0.4 is 9.64 Å². The molecule has 0 radical (unpaired) electrons. The van der Waals surface area contributed by atoms with Crippen LogP contribution in [0.2, 0.25) is 0 Å². The Balaban J connectivity index is 1.29. The predicted molar refractivity (Wildman–Crippen MR) is 119 cm³/mol. The molecule has 4 bridgehead atoms. The Kier molecular flexibility index (Phi) is 5.30. The lowest BCUT2D eigenvalue weighted by molar-refractivity contribution is -0.00555. The van der Waals surface area contributed by atoms with Gasteiger partial charge in [-0.2, -0.15) is 0 Å². The Bertz CT molecular complexity index is 872. The number of anilines is 1. The third-order valence-corrected chi connectivity index (χ3v) is 8.61. The van der Waals surface area contributed by atoms with E-state index in [1.54, 1.807) is 23.3 Å². The fourth-order valence-corrected chi connectivity index (χ4v) is 7.27. The molecule has 0 spiro atoms. The third-order valence-electron chi connectivity index (χ3n) is 7.37. The van der Waals surface area contributed by atoms with E-state index < -0.39 is 0 Å². The summed E-state index contributed by atoms with van der Waals surface area (Å²) in [5, 5.41) is 10.9. The number of amides is 1. The van der Waals surface area contributed by atoms with Crippen molar-refractivity contribution in [2.45, 2.75) is 63.7 Å². The number of aromatic nitrogens is 2. The van der Waals surface area contributed by atoms with Crippen LogP contribution in [-0.2, 0) is 5.41 Å². The molecule has 1 amide bonds. The maximum absolute atomic E-state index is 13.0. The first-order valence-electron chi connectivity index (χ1n) is 11.4. The fourth-order valence-electron chi connectivity index (χ4n) is 6.25. The average molecular weight is 426 g/mol. The van der Waals surface area contributed by atoms with Crippen LogP contribution in [0.4, 0.5) is 5.13 Å². The number of nitrogens with zero attached hydrogens (tertiary/aromatic N) is 3. The second-order valence-corrected chi connectivity index (χ2v) is 10.6. The van der Waals surface area contributed by atoms with Gasteiger partial charge in [0.05, 0.1) is 6.61 Å². The molecule has 160 valence electrons. The molecule has 6 heteroatoms. The monoisotopic (exact) mass is 425 g/mol. The largest absolute Gasteiger partial charge is 0.494 e. The van der Waals surface area contributed by atoms with Crippen molar-refractivity contribution in [3.05, 3.63) is 34.8 Å². The van der Waals surface area contributed by atoms with Crippen molar-refractivity contribution in [1.82, 2.24) is 10.2 Å². The van der Waals surface area contributed by atoms with Gasteiger partial charge in [0.1, 0.15) is 10.8 Å². The lowest BCUT2D eigenvalue weighted by Gasteiger charge is -2.55. The molecule has 2 aromatic rings. The van der Waals surface area contributed by atoms with E-state index in [2.05, 4.69) is 17.1 Å². The molecule has 0 unspecified atom stereocenters. The van der Waals surface area contributed by atoms with Crippen molar-refractivity contribution in [2.75, 3.05) is 18.6 Å². The highest BCUT2D eigenvalue weighted by Crippen LogP contribution is 2.61. The Morgan fingerprint density at radius 1 is 1.10 bits per heavy atom. The number of hydrogen-bond donors (Lipinski definition) is 0. The number of ether oxygens (including phenoxy) is 1. The summed E-state index contributed by atoms with van der Waals surface area (Å²) in [5.41, 5.74) is 0.873. The Morgan fingerprint density at radius 2 is 1.73 bits per heavy atom. The van der Waals surface area contributed by atoms with Gasteiger partial charge in [-0.05, 0) is 87.0 Å². The van der Waals surface area contributed by atoms with Gasteiger partial charge in [-0.15, -0.1) is 10.2 Å². The first kappa shape index (κ1) is 20.0. The normalized spacial score (nSPS) is 29.2. The number of rotatable bonds is 7. The highest BCUT2D eigenvalue weighted by atomic mass is 32.1. The summed E-state index contributed by atoms with van der Waals surface area (Å²) in [6, 6.07) is 7.41. The van der Waals surface area contributed by atoms with Crippen molar-refractivity contribution in [2.24, 2.45) is 17.8 Å². The molecule has 4 saturated carbocycles. The topological polar surface area (TPSA) is 55.3 Å². The quantitative estimate of drug-likeness (QED) is 0.553. The van der Waals surface area contributed by atoms with E-state index in [0.717, 1.165) is 41.4 Å². The smallest absolute Gasteiger partial charge is 0.259 e. The third kappa shape index (κ3) is 3.64. The van der Waals surface area contributed by atoms with E-state index in [1.807, 2.05) is 24.3 Å². The summed E-state index contributed by atoms with van der Waals surface area (Å²) < 4.78 is 5.70. The number of hydrogen-bond acceptors (Lipinski definition) is 5.